The summed E-state index contributed by atoms with van der Waals surface area (Å²) in [5.74, 6) is 0. The number of fused-ring (bicyclic) bond motifs is 3. The summed E-state index contributed by atoms with van der Waals surface area (Å²) in [6, 6.07) is 19.9. The van der Waals surface area contributed by atoms with Crippen LogP contribution in [0.3, 0.4) is 0 Å². The molecule has 1 aliphatic rings. The van der Waals surface area contributed by atoms with Crippen LogP contribution in [0.15, 0.2) is 60.8 Å². The van der Waals surface area contributed by atoms with E-state index in [0.29, 0.717) is 0 Å². The van der Waals surface area contributed by atoms with Gasteiger partial charge in [-0.3, -0.25) is 4.98 Å². The molecule has 23 heavy (non-hydrogen) atoms. The topological polar surface area (TPSA) is 12.9 Å². The highest BCUT2D eigenvalue weighted by molar-refractivity contribution is 6.32. The number of hydrogen-bond donors (Lipinski definition) is 0. The molecule has 0 spiro atoms. The summed E-state index contributed by atoms with van der Waals surface area (Å²) in [5, 5.41) is 0. The number of nitrogens with zero attached hydrogens (tertiary/aromatic N) is 1. The Hall–Kier alpha value is -2.35. The number of pyridine rings is 1. The van der Waals surface area contributed by atoms with E-state index in [9.17, 15) is 0 Å². The minimum absolute atomic E-state index is 0.0899. The summed E-state index contributed by atoms with van der Waals surface area (Å²) < 4.78 is 0. The Morgan fingerprint density at radius 3 is 2.48 bits per heavy atom. The van der Waals surface area contributed by atoms with Crippen molar-refractivity contribution in [1.82, 2.24) is 4.98 Å². The summed E-state index contributed by atoms with van der Waals surface area (Å²) in [6.07, 6.45) is 3.04. The minimum Gasteiger partial charge on any atom is -0.257 e. The normalized spacial score (nSPS) is 18.5. The van der Waals surface area contributed by atoms with Gasteiger partial charge < -0.3 is 0 Å². The smallest absolute Gasteiger partial charge is 0.141 e. The molecule has 1 aliphatic carbocycles. The van der Waals surface area contributed by atoms with Crippen molar-refractivity contribution in [2.45, 2.75) is 25.7 Å². The summed E-state index contributed by atoms with van der Waals surface area (Å²) in [7, 11) is 2.07. The molecule has 0 radical (unpaired) electrons. The molecule has 4 rings (SSSR count). The average molecular weight is 297 g/mol. The third kappa shape index (κ3) is 2.05. The van der Waals surface area contributed by atoms with Crippen molar-refractivity contribution in [3.05, 3.63) is 71.9 Å². The summed E-state index contributed by atoms with van der Waals surface area (Å²) in [6.45, 7) is 4.65. The SMILES string of the molecule is Bc1ccc(-c2ccc3c(c2)C(C)(CC)c2ccccc2-3)nc1. The Labute approximate surface area is 138 Å². The first-order valence-corrected chi connectivity index (χ1v) is 8.31. The minimum atomic E-state index is 0.0899. The molecule has 0 bridgehead atoms. The molecular weight excluding hydrogens is 277 g/mol. The van der Waals surface area contributed by atoms with Crippen LogP contribution in [0.1, 0.15) is 31.4 Å². The molecule has 2 aromatic carbocycles. The van der Waals surface area contributed by atoms with Crippen LogP contribution in [-0.2, 0) is 5.41 Å². The van der Waals surface area contributed by atoms with Crippen molar-refractivity contribution < 1.29 is 0 Å². The molecule has 2 heteroatoms. The van der Waals surface area contributed by atoms with E-state index in [4.69, 9.17) is 0 Å². The van der Waals surface area contributed by atoms with Crippen LogP contribution in [-0.4, -0.2) is 12.8 Å². The van der Waals surface area contributed by atoms with Crippen molar-refractivity contribution in [3.8, 4) is 22.4 Å². The van der Waals surface area contributed by atoms with Crippen LogP contribution in [0.2, 0.25) is 0 Å². The third-order valence-corrected chi connectivity index (χ3v) is 5.34. The molecule has 0 fully saturated rings. The van der Waals surface area contributed by atoms with Gasteiger partial charge in [-0.15, -0.1) is 0 Å². The molecule has 0 saturated heterocycles. The van der Waals surface area contributed by atoms with E-state index in [1.54, 1.807) is 0 Å². The van der Waals surface area contributed by atoms with Crippen molar-refractivity contribution in [2.75, 3.05) is 0 Å². The number of aromatic nitrogens is 1. The van der Waals surface area contributed by atoms with Crippen molar-refractivity contribution in [2.24, 2.45) is 0 Å². The zero-order valence-corrected chi connectivity index (χ0v) is 13.9. The van der Waals surface area contributed by atoms with E-state index >= 15 is 0 Å². The molecule has 0 amide bonds. The van der Waals surface area contributed by atoms with Gasteiger partial charge in [-0.2, -0.15) is 0 Å². The molecule has 0 N–H and O–H groups in total. The van der Waals surface area contributed by atoms with Crippen LogP contribution >= 0.6 is 0 Å². The number of hydrogen-bond acceptors (Lipinski definition) is 1. The molecule has 1 aromatic heterocycles. The highest BCUT2D eigenvalue weighted by Crippen LogP contribution is 2.51. The predicted octanol–water partition coefficient (Wildman–Crippen LogP) is 3.70. The molecule has 1 heterocycles. The maximum absolute atomic E-state index is 4.60. The third-order valence-electron chi connectivity index (χ3n) is 5.34. The predicted molar refractivity (Wildman–Crippen MR) is 100 cm³/mol. The Kier molecular flexibility index (Phi) is 3.16. The first-order chi connectivity index (χ1) is 11.1. The molecule has 1 unspecified atom stereocenters. The Morgan fingerprint density at radius 2 is 1.74 bits per heavy atom. The maximum Gasteiger partial charge on any atom is 0.141 e. The second-order valence-electron chi connectivity index (χ2n) is 6.71. The zero-order valence-electron chi connectivity index (χ0n) is 13.9. The highest BCUT2D eigenvalue weighted by atomic mass is 14.7. The first kappa shape index (κ1) is 14.3. The van der Waals surface area contributed by atoms with Gasteiger partial charge >= 0.3 is 0 Å². The average Bonchev–Trinajstić information content (AvgIpc) is 2.85. The van der Waals surface area contributed by atoms with Gasteiger partial charge in [-0.25, -0.2) is 0 Å². The number of rotatable bonds is 2. The van der Waals surface area contributed by atoms with Crippen molar-refractivity contribution in [3.63, 3.8) is 0 Å². The van der Waals surface area contributed by atoms with Crippen LogP contribution in [0.4, 0.5) is 0 Å². The van der Waals surface area contributed by atoms with Crippen LogP contribution in [0.5, 0.6) is 0 Å². The molecule has 1 nitrogen and oxygen atoms in total. The van der Waals surface area contributed by atoms with Gasteiger partial charge in [-0.05, 0) is 40.8 Å². The fourth-order valence-electron chi connectivity index (χ4n) is 3.76. The van der Waals surface area contributed by atoms with Crippen LogP contribution < -0.4 is 5.46 Å². The Bertz CT molecular complexity index is 883. The lowest BCUT2D eigenvalue weighted by atomic mass is 9.77. The van der Waals surface area contributed by atoms with Gasteiger partial charge in [0.25, 0.3) is 0 Å². The van der Waals surface area contributed by atoms with Crippen LogP contribution in [0, 0.1) is 0 Å². The van der Waals surface area contributed by atoms with E-state index in [0.717, 1.165) is 12.1 Å². The lowest BCUT2D eigenvalue weighted by molar-refractivity contribution is 0.564. The molecule has 112 valence electrons. The van der Waals surface area contributed by atoms with Gasteiger partial charge in [0, 0.05) is 17.2 Å². The van der Waals surface area contributed by atoms with Gasteiger partial charge in [0.2, 0.25) is 0 Å². The summed E-state index contributed by atoms with van der Waals surface area (Å²) in [4.78, 5) is 4.60. The van der Waals surface area contributed by atoms with E-state index < -0.39 is 0 Å². The van der Waals surface area contributed by atoms with E-state index in [1.807, 2.05) is 6.20 Å². The zero-order chi connectivity index (χ0) is 16.0. The standard InChI is InChI=1S/C21H20BN/c1-3-21(2)18-7-5-4-6-16(18)17-10-8-14(12-19(17)21)20-11-9-15(22)13-23-20/h4-13H,3,22H2,1-2H3. The number of benzene rings is 2. The van der Waals surface area contributed by atoms with Gasteiger partial charge in [0.1, 0.15) is 7.85 Å². The van der Waals surface area contributed by atoms with E-state index in [2.05, 4.69) is 81.3 Å². The molecule has 1 atom stereocenters. The van der Waals surface area contributed by atoms with Gasteiger partial charge in [0.05, 0.1) is 5.69 Å². The first-order valence-electron chi connectivity index (χ1n) is 8.31. The Morgan fingerprint density at radius 1 is 0.957 bits per heavy atom. The monoisotopic (exact) mass is 297 g/mol. The van der Waals surface area contributed by atoms with E-state index in [-0.39, 0.29) is 5.41 Å². The molecule has 0 aliphatic heterocycles. The largest absolute Gasteiger partial charge is 0.257 e. The Balaban J connectivity index is 1.92. The molecule has 3 aromatic rings. The summed E-state index contributed by atoms with van der Waals surface area (Å²) in [5.41, 5.74) is 9.18. The lowest BCUT2D eigenvalue weighted by Gasteiger charge is -2.26. The van der Waals surface area contributed by atoms with Crippen molar-refractivity contribution >= 4 is 13.3 Å². The van der Waals surface area contributed by atoms with Crippen molar-refractivity contribution in [1.29, 1.82) is 0 Å². The second-order valence-corrected chi connectivity index (χ2v) is 6.71. The summed E-state index contributed by atoms with van der Waals surface area (Å²) >= 11 is 0. The van der Waals surface area contributed by atoms with E-state index in [1.165, 1.54) is 33.3 Å². The van der Waals surface area contributed by atoms with Gasteiger partial charge in [0.15, 0.2) is 0 Å². The fourth-order valence-corrected chi connectivity index (χ4v) is 3.76. The quantitative estimate of drug-likeness (QED) is 0.657. The fraction of sp³-hybridized carbons (Fsp3) is 0.190. The lowest BCUT2D eigenvalue weighted by Crippen LogP contribution is -2.19. The van der Waals surface area contributed by atoms with Crippen LogP contribution in [0.25, 0.3) is 22.4 Å². The molecule has 0 saturated carbocycles. The van der Waals surface area contributed by atoms with Gasteiger partial charge in [-0.1, -0.05) is 61.8 Å². The maximum atomic E-state index is 4.60. The molecular formula is C21H20BN. The highest BCUT2D eigenvalue weighted by Gasteiger charge is 2.37. The second kappa shape index (κ2) is 5.09.